The van der Waals surface area contributed by atoms with Gasteiger partial charge in [0.2, 0.25) is 15.9 Å². The van der Waals surface area contributed by atoms with Crippen LogP contribution in [0, 0.1) is 0 Å². The number of imidazole rings is 1. The molecule has 2 saturated heterocycles. The van der Waals surface area contributed by atoms with Gasteiger partial charge in [-0.15, -0.1) is 0 Å². The van der Waals surface area contributed by atoms with Crippen molar-refractivity contribution in [3.63, 3.8) is 0 Å². The molecule has 4 rings (SSSR count). The minimum absolute atomic E-state index is 0.191. The predicted molar refractivity (Wildman–Crippen MR) is 130 cm³/mol. The van der Waals surface area contributed by atoms with Crippen LogP contribution in [0.25, 0.3) is 11.0 Å². The molecule has 2 fully saturated rings. The fourth-order valence-corrected chi connectivity index (χ4v) is 6.80. The molecule has 182 valence electrons. The Morgan fingerprint density at radius 2 is 1.85 bits per heavy atom. The molecule has 0 N–H and O–H groups in total. The molecule has 0 bridgehead atoms. The van der Waals surface area contributed by atoms with Gasteiger partial charge in [-0.3, -0.25) is 9.69 Å². The molecule has 2 aliphatic heterocycles. The molecule has 1 aromatic heterocycles. The lowest BCUT2D eigenvalue weighted by Crippen LogP contribution is -2.37. The number of rotatable bonds is 9. The molecule has 2 aliphatic rings. The highest BCUT2D eigenvalue weighted by Crippen LogP contribution is 2.25. The fourth-order valence-electron chi connectivity index (χ4n) is 5.33. The summed E-state index contributed by atoms with van der Waals surface area (Å²) in [5.41, 5.74) is 1.58. The van der Waals surface area contributed by atoms with Crippen LogP contribution < -0.4 is 0 Å². The summed E-state index contributed by atoms with van der Waals surface area (Å²) >= 11 is 0. The van der Waals surface area contributed by atoms with Crippen molar-refractivity contribution in [2.45, 2.75) is 70.4 Å². The van der Waals surface area contributed by atoms with Crippen molar-refractivity contribution in [2.75, 3.05) is 39.3 Å². The van der Waals surface area contributed by atoms with Gasteiger partial charge in [-0.2, -0.15) is 4.31 Å². The van der Waals surface area contributed by atoms with Crippen LogP contribution in [-0.4, -0.2) is 83.3 Å². The molecular formula is C24H37N5O3S. The highest BCUT2D eigenvalue weighted by atomic mass is 32.2. The Morgan fingerprint density at radius 3 is 2.52 bits per heavy atom. The van der Waals surface area contributed by atoms with Gasteiger partial charge in [0.15, 0.2) is 0 Å². The highest BCUT2D eigenvalue weighted by molar-refractivity contribution is 7.89. The van der Waals surface area contributed by atoms with Crippen LogP contribution in [0.1, 0.15) is 52.3 Å². The van der Waals surface area contributed by atoms with E-state index in [0.717, 1.165) is 37.4 Å². The zero-order valence-corrected chi connectivity index (χ0v) is 21.0. The van der Waals surface area contributed by atoms with Gasteiger partial charge in [-0.05, 0) is 57.5 Å². The minimum Gasteiger partial charge on any atom is -0.341 e. The Kier molecular flexibility index (Phi) is 7.40. The van der Waals surface area contributed by atoms with Crippen LogP contribution in [0.15, 0.2) is 23.1 Å². The van der Waals surface area contributed by atoms with E-state index >= 15 is 0 Å². The van der Waals surface area contributed by atoms with Crippen molar-refractivity contribution in [3.05, 3.63) is 24.0 Å². The molecule has 8 nitrogen and oxygen atoms in total. The van der Waals surface area contributed by atoms with E-state index < -0.39 is 10.0 Å². The number of carbonyl (C=O) groups is 1. The zero-order chi connectivity index (χ0) is 23.6. The molecule has 1 atom stereocenters. The molecule has 0 aliphatic carbocycles. The molecule has 33 heavy (non-hydrogen) atoms. The number of likely N-dealkylation sites (tertiary alicyclic amines) is 2. The second kappa shape index (κ2) is 10.1. The molecule has 0 spiro atoms. The molecule has 2 aromatic rings. The minimum atomic E-state index is -3.53. The van der Waals surface area contributed by atoms with Gasteiger partial charge in [0.1, 0.15) is 5.82 Å². The van der Waals surface area contributed by atoms with Gasteiger partial charge in [-0.1, -0.05) is 13.8 Å². The van der Waals surface area contributed by atoms with Gasteiger partial charge in [0.05, 0.1) is 15.9 Å². The number of aromatic nitrogens is 2. The SMILES string of the molecule is CCN(CC)S(=O)(=O)c1ccc2c(c1)nc(CCC(=O)N1CCC(N3CCCC3)C1)n2CC. The number of hydrogen-bond donors (Lipinski definition) is 0. The average molecular weight is 476 g/mol. The Morgan fingerprint density at radius 1 is 1.12 bits per heavy atom. The van der Waals surface area contributed by atoms with Crippen LogP contribution in [-0.2, 0) is 27.8 Å². The van der Waals surface area contributed by atoms with Crippen LogP contribution in [0.2, 0.25) is 0 Å². The van der Waals surface area contributed by atoms with Crippen LogP contribution >= 0.6 is 0 Å². The Bertz CT molecular complexity index is 1090. The van der Waals surface area contributed by atoms with Gasteiger partial charge < -0.3 is 9.47 Å². The third-order valence-electron chi connectivity index (χ3n) is 7.19. The Labute approximate surface area is 197 Å². The number of amides is 1. The topological polar surface area (TPSA) is 78.8 Å². The largest absolute Gasteiger partial charge is 0.341 e. The Hall–Kier alpha value is -1.97. The van der Waals surface area contributed by atoms with Crippen LogP contribution in [0.4, 0.5) is 0 Å². The number of carbonyl (C=O) groups excluding carboxylic acids is 1. The molecule has 1 aromatic carbocycles. The molecule has 0 radical (unpaired) electrons. The molecule has 0 saturated carbocycles. The maximum Gasteiger partial charge on any atom is 0.243 e. The maximum atomic E-state index is 12.9. The first-order valence-electron chi connectivity index (χ1n) is 12.4. The van der Waals surface area contributed by atoms with Gasteiger partial charge in [0, 0.05) is 51.6 Å². The smallest absolute Gasteiger partial charge is 0.243 e. The summed E-state index contributed by atoms with van der Waals surface area (Å²) in [5.74, 6) is 1.03. The van der Waals surface area contributed by atoms with E-state index in [2.05, 4.69) is 9.47 Å². The average Bonchev–Trinajstić information content (AvgIpc) is 3.56. The summed E-state index contributed by atoms with van der Waals surface area (Å²) in [7, 11) is -3.53. The Balaban J connectivity index is 1.47. The summed E-state index contributed by atoms with van der Waals surface area (Å²) in [6.45, 7) is 11.3. The van der Waals surface area contributed by atoms with Crippen molar-refractivity contribution in [2.24, 2.45) is 0 Å². The summed E-state index contributed by atoms with van der Waals surface area (Å²) in [6, 6.07) is 5.69. The van der Waals surface area contributed by atoms with Crippen molar-refractivity contribution in [1.82, 2.24) is 23.7 Å². The number of nitrogens with zero attached hydrogens (tertiary/aromatic N) is 5. The van der Waals surface area contributed by atoms with E-state index in [9.17, 15) is 13.2 Å². The van der Waals surface area contributed by atoms with Crippen LogP contribution in [0.5, 0.6) is 0 Å². The predicted octanol–water partition coefficient (Wildman–Crippen LogP) is 2.72. The summed E-state index contributed by atoms with van der Waals surface area (Å²) in [4.78, 5) is 22.5. The van der Waals surface area contributed by atoms with E-state index in [1.165, 1.54) is 30.2 Å². The van der Waals surface area contributed by atoms with E-state index in [0.29, 0.717) is 37.5 Å². The quantitative estimate of drug-likeness (QED) is 0.557. The number of benzene rings is 1. The van der Waals surface area contributed by atoms with Gasteiger partial charge in [0.25, 0.3) is 0 Å². The molecule has 1 amide bonds. The maximum absolute atomic E-state index is 12.9. The summed E-state index contributed by atoms with van der Waals surface area (Å²) < 4.78 is 29.4. The standard InChI is InChI=1S/C24H37N5O3S/c1-4-28(5-2)33(31,32)20-9-10-22-21(17-20)25-23(29(22)6-3)11-12-24(30)27-16-13-19(18-27)26-14-7-8-15-26/h9-10,17,19H,4-8,11-16,18H2,1-3H3. The lowest BCUT2D eigenvalue weighted by Gasteiger charge is -2.23. The monoisotopic (exact) mass is 475 g/mol. The number of fused-ring (bicyclic) bond motifs is 1. The number of sulfonamides is 1. The lowest BCUT2D eigenvalue weighted by atomic mass is 10.2. The first kappa shape index (κ1) is 24.2. The van der Waals surface area contributed by atoms with Crippen molar-refractivity contribution in [3.8, 4) is 0 Å². The van der Waals surface area contributed by atoms with E-state index in [-0.39, 0.29) is 10.8 Å². The van der Waals surface area contributed by atoms with Crippen molar-refractivity contribution < 1.29 is 13.2 Å². The number of aryl methyl sites for hydroxylation is 2. The van der Waals surface area contributed by atoms with Crippen molar-refractivity contribution >= 4 is 27.0 Å². The third kappa shape index (κ3) is 4.81. The fraction of sp³-hybridized carbons (Fsp3) is 0.667. The normalized spacial score (nSPS) is 19.9. The summed E-state index contributed by atoms with van der Waals surface area (Å²) in [6.07, 6.45) is 4.61. The van der Waals surface area contributed by atoms with E-state index in [1.807, 2.05) is 31.7 Å². The second-order valence-electron chi connectivity index (χ2n) is 9.04. The zero-order valence-electron chi connectivity index (χ0n) is 20.2. The summed E-state index contributed by atoms with van der Waals surface area (Å²) in [5, 5.41) is 0. The molecular weight excluding hydrogens is 438 g/mol. The van der Waals surface area contributed by atoms with Gasteiger partial charge in [-0.25, -0.2) is 13.4 Å². The third-order valence-corrected chi connectivity index (χ3v) is 9.24. The highest BCUT2D eigenvalue weighted by Gasteiger charge is 2.31. The molecule has 1 unspecified atom stereocenters. The number of hydrogen-bond acceptors (Lipinski definition) is 5. The van der Waals surface area contributed by atoms with Crippen molar-refractivity contribution in [1.29, 1.82) is 0 Å². The van der Waals surface area contributed by atoms with E-state index in [1.54, 1.807) is 12.1 Å². The first-order valence-corrected chi connectivity index (χ1v) is 13.8. The van der Waals surface area contributed by atoms with Crippen LogP contribution in [0.3, 0.4) is 0 Å². The molecule has 3 heterocycles. The first-order chi connectivity index (χ1) is 15.9. The second-order valence-corrected chi connectivity index (χ2v) is 11.0. The lowest BCUT2D eigenvalue weighted by molar-refractivity contribution is -0.130. The van der Waals surface area contributed by atoms with E-state index in [4.69, 9.17) is 4.98 Å². The molecule has 9 heteroatoms. The van der Waals surface area contributed by atoms with Gasteiger partial charge >= 0.3 is 0 Å².